The molecule has 1 fully saturated rings. The van der Waals surface area contributed by atoms with Gasteiger partial charge in [-0.25, -0.2) is 4.98 Å². The van der Waals surface area contributed by atoms with Crippen molar-refractivity contribution in [3.8, 4) is 0 Å². The molecular weight excluding hydrogens is 282 g/mol. The van der Waals surface area contributed by atoms with Crippen molar-refractivity contribution in [2.24, 2.45) is 0 Å². The summed E-state index contributed by atoms with van der Waals surface area (Å²) in [5, 5.41) is 5.10. The first-order chi connectivity index (χ1) is 10.3. The molecule has 2 heterocycles. The summed E-state index contributed by atoms with van der Waals surface area (Å²) >= 11 is 1.74. The summed E-state index contributed by atoms with van der Waals surface area (Å²) in [7, 11) is 0. The van der Waals surface area contributed by atoms with Gasteiger partial charge in [-0.3, -0.25) is 4.79 Å². The van der Waals surface area contributed by atoms with Crippen LogP contribution in [0.25, 0.3) is 0 Å². The lowest BCUT2D eigenvalue weighted by Gasteiger charge is -2.13. The summed E-state index contributed by atoms with van der Waals surface area (Å²) in [6.07, 6.45) is 10.9. The van der Waals surface area contributed by atoms with Crippen molar-refractivity contribution in [3.63, 3.8) is 0 Å². The van der Waals surface area contributed by atoms with Crippen LogP contribution in [-0.2, 0) is 19.4 Å². The topological polar surface area (TPSA) is 46.9 Å². The van der Waals surface area contributed by atoms with Crippen molar-refractivity contribution in [1.29, 1.82) is 0 Å². The largest absolute Gasteiger partial charge is 0.346 e. The molecule has 1 saturated carbocycles. The second kappa shape index (κ2) is 5.30. The van der Waals surface area contributed by atoms with Gasteiger partial charge in [0.25, 0.3) is 5.91 Å². The Kier molecular flexibility index (Phi) is 3.30. The number of thiophene rings is 1. The number of fused-ring (bicyclic) bond motifs is 1. The van der Waals surface area contributed by atoms with Crippen molar-refractivity contribution in [2.45, 2.75) is 51.1 Å². The molecule has 2 aliphatic rings. The molecule has 0 atom stereocenters. The van der Waals surface area contributed by atoms with Crippen LogP contribution in [0.4, 0.5) is 0 Å². The Hall–Kier alpha value is -1.62. The molecule has 2 aromatic rings. The number of nitrogens with one attached hydrogen (secondary N) is 1. The Morgan fingerprint density at radius 1 is 1.38 bits per heavy atom. The Labute approximate surface area is 128 Å². The van der Waals surface area contributed by atoms with Crippen LogP contribution in [0.3, 0.4) is 0 Å². The number of aryl methyl sites for hydroxylation is 1. The first kappa shape index (κ1) is 13.1. The SMILES string of the molecule is O=C(NCc1cncn1C1CC1)c1csc2c1CCCC2. The molecule has 2 aliphatic carbocycles. The van der Waals surface area contributed by atoms with Crippen molar-refractivity contribution in [3.05, 3.63) is 39.6 Å². The van der Waals surface area contributed by atoms with Crippen LogP contribution >= 0.6 is 11.3 Å². The summed E-state index contributed by atoms with van der Waals surface area (Å²) in [6.45, 7) is 0.569. The first-order valence-electron chi connectivity index (χ1n) is 7.71. The number of nitrogens with zero attached hydrogens (tertiary/aromatic N) is 2. The molecule has 5 heteroatoms. The molecule has 4 rings (SSSR count). The van der Waals surface area contributed by atoms with Gasteiger partial charge in [0.2, 0.25) is 0 Å². The Morgan fingerprint density at radius 3 is 3.10 bits per heavy atom. The highest BCUT2D eigenvalue weighted by atomic mass is 32.1. The molecule has 0 spiro atoms. The van der Waals surface area contributed by atoms with Gasteiger partial charge in [0.15, 0.2) is 0 Å². The van der Waals surface area contributed by atoms with E-state index in [9.17, 15) is 4.79 Å². The number of rotatable bonds is 4. The van der Waals surface area contributed by atoms with Gasteiger partial charge in [-0.2, -0.15) is 0 Å². The number of aromatic nitrogens is 2. The van der Waals surface area contributed by atoms with Crippen LogP contribution in [0.5, 0.6) is 0 Å². The quantitative estimate of drug-likeness (QED) is 0.943. The lowest BCUT2D eigenvalue weighted by atomic mass is 9.96. The fraction of sp³-hybridized carbons (Fsp3) is 0.500. The second-order valence-electron chi connectivity index (χ2n) is 5.96. The van der Waals surface area contributed by atoms with Gasteiger partial charge < -0.3 is 9.88 Å². The van der Waals surface area contributed by atoms with E-state index in [1.54, 1.807) is 11.3 Å². The van der Waals surface area contributed by atoms with Crippen molar-refractivity contribution in [2.75, 3.05) is 0 Å². The number of hydrogen-bond donors (Lipinski definition) is 1. The van der Waals surface area contributed by atoms with Crippen molar-refractivity contribution >= 4 is 17.2 Å². The zero-order chi connectivity index (χ0) is 14.2. The van der Waals surface area contributed by atoms with E-state index < -0.39 is 0 Å². The third kappa shape index (κ3) is 2.50. The van der Waals surface area contributed by atoms with Gasteiger partial charge in [0, 0.05) is 22.5 Å². The van der Waals surface area contributed by atoms with Gasteiger partial charge >= 0.3 is 0 Å². The van der Waals surface area contributed by atoms with Crippen LogP contribution in [0, 0.1) is 0 Å². The molecule has 0 unspecified atom stereocenters. The van der Waals surface area contributed by atoms with Gasteiger partial charge in [0.05, 0.1) is 24.1 Å². The lowest BCUT2D eigenvalue weighted by Crippen LogP contribution is -2.25. The third-order valence-electron chi connectivity index (χ3n) is 4.42. The molecule has 0 bridgehead atoms. The summed E-state index contributed by atoms with van der Waals surface area (Å²) in [4.78, 5) is 18.1. The fourth-order valence-electron chi connectivity index (χ4n) is 3.10. The maximum atomic E-state index is 12.4. The molecule has 21 heavy (non-hydrogen) atoms. The van der Waals surface area contributed by atoms with E-state index in [0.717, 1.165) is 24.1 Å². The highest BCUT2D eigenvalue weighted by molar-refractivity contribution is 7.10. The molecule has 110 valence electrons. The zero-order valence-electron chi connectivity index (χ0n) is 12.0. The maximum Gasteiger partial charge on any atom is 0.252 e. The van der Waals surface area contributed by atoms with Crippen molar-refractivity contribution < 1.29 is 4.79 Å². The predicted molar refractivity (Wildman–Crippen MR) is 82.6 cm³/mol. The molecule has 1 amide bonds. The van der Waals surface area contributed by atoms with E-state index in [1.165, 1.54) is 36.1 Å². The Balaban J connectivity index is 1.46. The van der Waals surface area contributed by atoms with Crippen LogP contribution in [0.1, 0.15) is 58.2 Å². The molecular formula is C16H19N3OS. The number of carbonyl (C=O) groups excluding carboxylic acids is 1. The standard InChI is InChI=1S/C16H19N3OS/c20-16(14-9-21-15-4-2-1-3-13(14)15)18-8-12-7-17-10-19(12)11-5-6-11/h7,9-11H,1-6,8H2,(H,18,20). The van der Waals surface area contributed by atoms with E-state index in [0.29, 0.717) is 12.6 Å². The normalized spacial score (nSPS) is 17.5. The minimum absolute atomic E-state index is 0.0675. The molecule has 0 aliphatic heterocycles. The second-order valence-corrected chi connectivity index (χ2v) is 6.93. The number of imidazole rings is 1. The molecule has 4 nitrogen and oxygen atoms in total. The van der Waals surface area contributed by atoms with Gasteiger partial charge in [0.1, 0.15) is 0 Å². The van der Waals surface area contributed by atoms with E-state index >= 15 is 0 Å². The Bertz CT molecular complexity index is 669. The fourth-order valence-corrected chi connectivity index (χ4v) is 4.23. The number of amides is 1. The Morgan fingerprint density at radius 2 is 2.24 bits per heavy atom. The maximum absolute atomic E-state index is 12.4. The van der Waals surface area contributed by atoms with Gasteiger partial charge in [-0.15, -0.1) is 11.3 Å². The lowest BCUT2D eigenvalue weighted by molar-refractivity contribution is 0.0949. The van der Waals surface area contributed by atoms with Crippen LogP contribution in [0.15, 0.2) is 17.9 Å². The van der Waals surface area contributed by atoms with Gasteiger partial charge in [-0.05, 0) is 44.1 Å². The predicted octanol–water partition coefficient (Wildman–Crippen LogP) is 3.09. The number of carbonyl (C=O) groups is 1. The summed E-state index contributed by atoms with van der Waals surface area (Å²) < 4.78 is 2.20. The van der Waals surface area contributed by atoms with Crippen LogP contribution in [-0.4, -0.2) is 15.5 Å². The molecule has 1 N–H and O–H groups in total. The van der Waals surface area contributed by atoms with Crippen LogP contribution in [0.2, 0.25) is 0 Å². The molecule has 2 aromatic heterocycles. The number of hydrogen-bond acceptors (Lipinski definition) is 3. The van der Waals surface area contributed by atoms with E-state index in [-0.39, 0.29) is 5.91 Å². The minimum Gasteiger partial charge on any atom is -0.346 e. The molecule has 0 radical (unpaired) electrons. The van der Waals surface area contributed by atoms with E-state index in [2.05, 4.69) is 14.9 Å². The summed E-state index contributed by atoms with van der Waals surface area (Å²) in [6, 6.07) is 0.605. The average molecular weight is 301 g/mol. The van der Waals surface area contributed by atoms with Crippen LogP contribution < -0.4 is 5.32 Å². The van der Waals surface area contributed by atoms with Gasteiger partial charge in [-0.1, -0.05) is 0 Å². The minimum atomic E-state index is 0.0675. The third-order valence-corrected chi connectivity index (χ3v) is 5.51. The zero-order valence-corrected chi connectivity index (χ0v) is 12.8. The average Bonchev–Trinajstić information content (AvgIpc) is 3.10. The monoisotopic (exact) mass is 301 g/mol. The molecule has 0 saturated heterocycles. The highest BCUT2D eigenvalue weighted by Gasteiger charge is 2.25. The van der Waals surface area contributed by atoms with E-state index in [4.69, 9.17) is 0 Å². The summed E-state index contributed by atoms with van der Waals surface area (Å²) in [5.74, 6) is 0.0675. The smallest absolute Gasteiger partial charge is 0.252 e. The molecule has 0 aromatic carbocycles. The van der Waals surface area contributed by atoms with E-state index in [1.807, 2.05) is 17.9 Å². The highest BCUT2D eigenvalue weighted by Crippen LogP contribution is 2.35. The van der Waals surface area contributed by atoms with Crippen molar-refractivity contribution in [1.82, 2.24) is 14.9 Å². The summed E-state index contributed by atoms with van der Waals surface area (Å²) in [5.41, 5.74) is 3.29. The first-order valence-corrected chi connectivity index (χ1v) is 8.59.